The number of aryl methyl sites for hydroxylation is 1. The van der Waals surface area contributed by atoms with Crippen LogP contribution in [0.5, 0.6) is 5.75 Å². The zero-order chi connectivity index (χ0) is 19.4. The van der Waals surface area contributed by atoms with E-state index in [0.29, 0.717) is 11.4 Å². The standard InChI is InChI=1S/C20H23N5O2/c1-13(18-12-22-25(3)14(18)2)23-20(26)17-9-6-10-21-19(17)24-15-7-5-8-16(11-15)27-4/h5-13H,1-4H3,(H,21,24)(H,23,26)/t13-/m0/s1. The number of anilines is 2. The summed E-state index contributed by atoms with van der Waals surface area (Å²) in [5.74, 6) is 1.00. The van der Waals surface area contributed by atoms with Crippen molar-refractivity contribution in [2.45, 2.75) is 19.9 Å². The summed E-state index contributed by atoms with van der Waals surface area (Å²) >= 11 is 0. The number of benzene rings is 1. The molecule has 3 rings (SSSR count). The molecule has 2 N–H and O–H groups in total. The van der Waals surface area contributed by atoms with Crippen molar-refractivity contribution in [3.8, 4) is 5.75 Å². The maximum atomic E-state index is 12.8. The van der Waals surface area contributed by atoms with Crippen molar-refractivity contribution < 1.29 is 9.53 Å². The smallest absolute Gasteiger partial charge is 0.255 e. The number of carbonyl (C=O) groups is 1. The third-order valence-corrected chi connectivity index (χ3v) is 4.47. The van der Waals surface area contributed by atoms with Crippen LogP contribution in [0.1, 0.15) is 34.6 Å². The fourth-order valence-electron chi connectivity index (χ4n) is 2.82. The molecular weight excluding hydrogens is 342 g/mol. The number of pyridine rings is 1. The van der Waals surface area contributed by atoms with E-state index in [2.05, 4.69) is 20.7 Å². The first-order chi connectivity index (χ1) is 13.0. The second-order valence-corrected chi connectivity index (χ2v) is 6.26. The normalized spacial score (nSPS) is 11.7. The summed E-state index contributed by atoms with van der Waals surface area (Å²) in [5.41, 5.74) is 3.26. The van der Waals surface area contributed by atoms with Crippen LogP contribution < -0.4 is 15.4 Å². The predicted octanol–water partition coefficient (Wildman–Crippen LogP) is 3.37. The summed E-state index contributed by atoms with van der Waals surface area (Å²) in [5, 5.41) is 10.4. The van der Waals surface area contributed by atoms with E-state index in [4.69, 9.17) is 4.74 Å². The van der Waals surface area contributed by atoms with Gasteiger partial charge in [-0.05, 0) is 38.1 Å². The van der Waals surface area contributed by atoms with Crippen molar-refractivity contribution in [3.05, 3.63) is 65.6 Å². The molecule has 0 saturated carbocycles. The second kappa shape index (κ2) is 7.90. The maximum Gasteiger partial charge on any atom is 0.255 e. The molecule has 0 unspecified atom stereocenters. The fraction of sp³-hybridized carbons (Fsp3) is 0.250. The van der Waals surface area contributed by atoms with Gasteiger partial charge in [0, 0.05) is 36.3 Å². The molecule has 0 saturated heterocycles. The molecule has 2 aromatic heterocycles. The molecular formula is C20H23N5O2. The average Bonchev–Trinajstić information content (AvgIpc) is 3.01. The zero-order valence-corrected chi connectivity index (χ0v) is 15.9. The molecule has 1 aromatic carbocycles. The summed E-state index contributed by atoms with van der Waals surface area (Å²) in [6.07, 6.45) is 3.42. The van der Waals surface area contributed by atoms with E-state index in [1.165, 1.54) is 0 Å². The fourth-order valence-corrected chi connectivity index (χ4v) is 2.82. The Bertz CT molecular complexity index is 951. The van der Waals surface area contributed by atoms with Crippen LogP contribution in [0.2, 0.25) is 0 Å². The number of hydrogen-bond acceptors (Lipinski definition) is 5. The minimum atomic E-state index is -0.204. The first-order valence-electron chi connectivity index (χ1n) is 8.65. The summed E-state index contributed by atoms with van der Waals surface area (Å²) in [6, 6.07) is 10.8. The van der Waals surface area contributed by atoms with E-state index in [9.17, 15) is 4.79 Å². The van der Waals surface area contributed by atoms with Crippen LogP contribution in [0.15, 0.2) is 48.8 Å². The molecule has 3 aromatic rings. The van der Waals surface area contributed by atoms with Gasteiger partial charge in [-0.1, -0.05) is 6.07 Å². The van der Waals surface area contributed by atoms with Crippen LogP contribution in [-0.4, -0.2) is 27.8 Å². The van der Waals surface area contributed by atoms with Crippen LogP contribution >= 0.6 is 0 Å². The van der Waals surface area contributed by atoms with Crippen molar-refractivity contribution in [1.29, 1.82) is 0 Å². The van der Waals surface area contributed by atoms with Gasteiger partial charge in [0.05, 0.1) is 24.9 Å². The van der Waals surface area contributed by atoms with Crippen LogP contribution in [0.25, 0.3) is 0 Å². The molecule has 2 heterocycles. The van der Waals surface area contributed by atoms with Crippen molar-refractivity contribution >= 4 is 17.4 Å². The molecule has 0 fully saturated rings. The Morgan fingerprint density at radius 1 is 1.26 bits per heavy atom. The number of nitrogens with one attached hydrogen (secondary N) is 2. The maximum absolute atomic E-state index is 12.8. The predicted molar refractivity (Wildman–Crippen MR) is 104 cm³/mol. The van der Waals surface area contributed by atoms with Gasteiger partial charge >= 0.3 is 0 Å². The van der Waals surface area contributed by atoms with E-state index in [0.717, 1.165) is 22.7 Å². The molecule has 7 nitrogen and oxygen atoms in total. The SMILES string of the molecule is COc1cccc(Nc2ncccc2C(=O)N[C@@H](C)c2cnn(C)c2C)c1. The summed E-state index contributed by atoms with van der Waals surface area (Å²) in [6.45, 7) is 3.91. The summed E-state index contributed by atoms with van der Waals surface area (Å²) in [4.78, 5) is 17.2. The molecule has 0 radical (unpaired) electrons. The minimum absolute atomic E-state index is 0.170. The van der Waals surface area contributed by atoms with Crippen molar-refractivity contribution in [1.82, 2.24) is 20.1 Å². The Labute approximate surface area is 158 Å². The third kappa shape index (κ3) is 4.08. The Hall–Kier alpha value is -3.35. The highest BCUT2D eigenvalue weighted by Crippen LogP contribution is 2.23. The molecule has 7 heteroatoms. The quantitative estimate of drug-likeness (QED) is 0.700. The van der Waals surface area contributed by atoms with Gasteiger partial charge in [-0.15, -0.1) is 0 Å². The molecule has 1 atom stereocenters. The number of carbonyl (C=O) groups excluding carboxylic acids is 1. The Morgan fingerprint density at radius 2 is 2.07 bits per heavy atom. The molecule has 0 aliphatic carbocycles. The van der Waals surface area contributed by atoms with E-state index in [1.54, 1.807) is 36.3 Å². The Morgan fingerprint density at radius 3 is 2.78 bits per heavy atom. The van der Waals surface area contributed by atoms with Crippen LogP contribution in [0.4, 0.5) is 11.5 Å². The van der Waals surface area contributed by atoms with Gasteiger partial charge in [-0.3, -0.25) is 9.48 Å². The summed E-state index contributed by atoms with van der Waals surface area (Å²) in [7, 11) is 3.49. The number of rotatable bonds is 6. The molecule has 1 amide bonds. The third-order valence-electron chi connectivity index (χ3n) is 4.47. The molecule has 27 heavy (non-hydrogen) atoms. The van der Waals surface area contributed by atoms with Crippen LogP contribution in [0.3, 0.4) is 0 Å². The first kappa shape index (κ1) is 18.4. The van der Waals surface area contributed by atoms with Gasteiger partial charge in [0.15, 0.2) is 0 Å². The highest BCUT2D eigenvalue weighted by molar-refractivity contribution is 5.99. The van der Waals surface area contributed by atoms with Crippen molar-refractivity contribution in [2.24, 2.45) is 7.05 Å². The zero-order valence-electron chi connectivity index (χ0n) is 15.9. The lowest BCUT2D eigenvalue weighted by atomic mass is 10.1. The number of hydrogen-bond donors (Lipinski definition) is 2. The van der Waals surface area contributed by atoms with Crippen LogP contribution in [0, 0.1) is 6.92 Å². The van der Waals surface area contributed by atoms with E-state index < -0.39 is 0 Å². The topological polar surface area (TPSA) is 81.1 Å². The number of ether oxygens (including phenoxy) is 1. The average molecular weight is 365 g/mol. The lowest BCUT2D eigenvalue weighted by Gasteiger charge is -2.16. The van der Waals surface area contributed by atoms with Crippen LogP contribution in [-0.2, 0) is 7.05 Å². The number of nitrogens with zero attached hydrogens (tertiary/aromatic N) is 3. The van der Waals surface area contributed by atoms with Gasteiger partial charge in [0.25, 0.3) is 5.91 Å². The van der Waals surface area contributed by atoms with Gasteiger partial charge in [0.1, 0.15) is 11.6 Å². The molecule has 140 valence electrons. The van der Waals surface area contributed by atoms with Gasteiger partial charge < -0.3 is 15.4 Å². The van der Waals surface area contributed by atoms with Gasteiger partial charge in [0.2, 0.25) is 0 Å². The van der Waals surface area contributed by atoms with Gasteiger partial charge in [-0.25, -0.2) is 4.98 Å². The van der Waals surface area contributed by atoms with Gasteiger partial charge in [-0.2, -0.15) is 5.10 Å². The second-order valence-electron chi connectivity index (χ2n) is 6.26. The number of methoxy groups -OCH3 is 1. The summed E-state index contributed by atoms with van der Waals surface area (Å²) < 4.78 is 7.03. The number of aromatic nitrogens is 3. The largest absolute Gasteiger partial charge is 0.497 e. The lowest BCUT2D eigenvalue weighted by Crippen LogP contribution is -2.27. The van der Waals surface area contributed by atoms with Crippen molar-refractivity contribution in [3.63, 3.8) is 0 Å². The highest BCUT2D eigenvalue weighted by Gasteiger charge is 2.18. The van der Waals surface area contributed by atoms with E-state index >= 15 is 0 Å². The molecule has 0 aliphatic rings. The monoisotopic (exact) mass is 365 g/mol. The van der Waals surface area contributed by atoms with E-state index in [1.807, 2.05) is 45.2 Å². The van der Waals surface area contributed by atoms with Crippen molar-refractivity contribution in [2.75, 3.05) is 12.4 Å². The molecule has 0 aliphatic heterocycles. The highest BCUT2D eigenvalue weighted by atomic mass is 16.5. The Balaban J connectivity index is 1.80. The molecule has 0 bridgehead atoms. The first-order valence-corrected chi connectivity index (χ1v) is 8.65. The molecule has 0 spiro atoms. The Kier molecular flexibility index (Phi) is 5.40. The lowest BCUT2D eigenvalue weighted by molar-refractivity contribution is 0.0940. The minimum Gasteiger partial charge on any atom is -0.497 e. The number of amides is 1. The van der Waals surface area contributed by atoms with E-state index in [-0.39, 0.29) is 11.9 Å².